The van der Waals surface area contributed by atoms with Crippen molar-refractivity contribution < 1.29 is 18.4 Å². The lowest BCUT2D eigenvalue weighted by molar-refractivity contribution is -0.132. The summed E-state index contributed by atoms with van der Waals surface area (Å²) in [5.41, 5.74) is 0. The van der Waals surface area contributed by atoms with E-state index in [0.717, 1.165) is 19.4 Å². The standard InChI is InChI=1S/C18H22FN3O3/c1-13-20-18(21-25-13)14-5-3-9-22(12-14)17(23)8-4-10-24-16-7-2-6-15(19)11-16/h2,6-7,11,14H,3-5,8-10,12H2,1H3/t14-/m0/s1. The van der Waals surface area contributed by atoms with E-state index in [2.05, 4.69) is 10.1 Å². The summed E-state index contributed by atoms with van der Waals surface area (Å²) in [5.74, 6) is 1.63. The molecule has 0 saturated carbocycles. The average Bonchev–Trinajstić information content (AvgIpc) is 3.05. The topological polar surface area (TPSA) is 68.5 Å². The van der Waals surface area contributed by atoms with Crippen molar-refractivity contribution in [3.63, 3.8) is 0 Å². The van der Waals surface area contributed by atoms with E-state index in [9.17, 15) is 9.18 Å². The first-order chi connectivity index (χ1) is 12.1. The number of aryl methyl sites for hydroxylation is 1. The Hall–Kier alpha value is -2.44. The molecule has 0 unspecified atom stereocenters. The minimum absolute atomic E-state index is 0.104. The van der Waals surface area contributed by atoms with Crippen LogP contribution in [0.1, 0.15) is 43.3 Å². The number of carbonyl (C=O) groups is 1. The SMILES string of the molecule is Cc1nc([C@H]2CCCN(C(=O)CCCOc3cccc(F)c3)C2)no1. The van der Waals surface area contributed by atoms with Crippen molar-refractivity contribution in [2.75, 3.05) is 19.7 Å². The summed E-state index contributed by atoms with van der Waals surface area (Å²) < 4.78 is 23.6. The first-order valence-electron chi connectivity index (χ1n) is 8.58. The molecule has 0 radical (unpaired) electrons. The lowest BCUT2D eigenvalue weighted by Crippen LogP contribution is -2.39. The van der Waals surface area contributed by atoms with Crippen LogP contribution in [0.25, 0.3) is 0 Å². The van der Waals surface area contributed by atoms with Crippen molar-refractivity contribution in [1.29, 1.82) is 0 Å². The first-order valence-corrected chi connectivity index (χ1v) is 8.58. The van der Waals surface area contributed by atoms with Crippen LogP contribution in [0.4, 0.5) is 4.39 Å². The van der Waals surface area contributed by atoms with Crippen LogP contribution in [0, 0.1) is 12.7 Å². The van der Waals surface area contributed by atoms with Crippen molar-refractivity contribution in [2.24, 2.45) is 0 Å². The van der Waals surface area contributed by atoms with E-state index in [4.69, 9.17) is 9.26 Å². The molecule has 1 saturated heterocycles. The number of aromatic nitrogens is 2. The molecule has 0 spiro atoms. The van der Waals surface area contributed by atoms with Gasteiger partial charge in [0.05, 0.1) is 6.61 Å². The molecule has 1 aliphatic heterocycles. The molecule has 7 heteroatoms. The van der Waals surface area contributed by atoms with E-state index in [0.29, 0.717) is 43.5 Å². The Labute approximate surface area is 146 Å². The highest BCUT2D eigenvalue weighted by atomic mass is 19.1. The minimum atomic E-state index is -0.329. The maximum absolute atomic E-state index is 13.1. The lowest BCUT2D eigenvalue weighted by atomic mass is 9.97. The Morgan fingerprint density at radius 3 is 3.12 bits per heavy atom. The van der Waals surface area contributed by atoms with Crippen molar-refractivity contribution in [2.45, 2.75) is 38.5 Å². The Morgan fingerprint density at radius 1 is 1.48 bits per heavy atom. The Bertz CT molecular complexity index is 719. The highest BCUT2D eigenvalue weighted by Gasteiger charge is 2.27. The maximum Gasteiger partial charge on any atom is 0.223 e. The average molecular weight is 347 g/mol. The van der Waals surface area contributed by atoms with Gasteiger partial charge in [-0.2, -0.15) is 4.98 Å². The van der Waals surface area contributed by atoms with Crippen LogP contribution in [0.2, 0.25) is 0 Å². The molecule has 0 aliphatic carbocycles. The van der Waals surface area contributed by atoms with E-state index in [1.54, 1.807) is 19.1 Å². The fourth-order valence-electron chi connectivity index (χ4n) is 3.02. The molecule has 3 rings (SSSR count). The van der Waals surface area contributed by atoms with E-state index < -0.39 is 0 Å². The van der Waals surface area contributed by atoms with Gasteiger partial charge in [-0.25, -0.2) is 4.39 Å². The molecule has 1 aromatic carbocycles. The number of carbonyl (C=O) groups excluding carboxylic acids is 1. The highest BCUT2D eigenvalue weighted by molar-refractivity contribution is 5.76. The van der Waals surface area contributed by atoms with Gasteiger partial charge < -0.3 is 14.2 Å². The van der Waals surface area contributed by atoms with Crippen LogP contribution in [0.5, 0.6) is 5.75 Å². The molecule has 25 heavy (non-hydrogen) atoms. The van der Waals surface area contributed by atoms with E-state index in [1.807, 2.05) is 4.90 Å². The predicted octanol–water partition coefficient (Wildman–Crippen LogP) is 3.08. The number of likely N-dealkylation sites (tertiary alicyclic amines) is 1. The van der Waals surface area contributed by atoms with Crippen molar-refractivity contribution >= 4 is 5.91 Å². The zero-order valence-corrected chi connectivity index (χ0v) is 14.3. The molecule has 134 valence electrons. The van der Waals surface area contributed by atoms with Gasteiger partial charge in [0.1, 0.15) is 11.6 Å². The van der Waals surface area contributed by atoms with Gasteiger partial charge in [-0.3, -0.25) is 4.79 Å². The van der Waals surface area contributed by atoms with E-state index in [1.165, 1.54) is 12.1 Å². The third-order valence-corrected chi connectivity index (χ3v) is 4.28. The van der Waals surface area contributed by atoms with Gasteiger partial charge in [0.2, 0.25) is 11.8 Å². The van der Waals surface area contributed by atoms with Gasteiger partial charge in [0.15, 0.2) is 5.82 Å². The molecular weight excluding hydrogens is 325 g/mol. The van der Waals surface area contributed by atoms with Gasteiger partial charge in [0, 0.05) is 38.4 Å². The van der Waals surface area contributed by atoms with Crippen LogP contribution in [0.3, 0.4) is 0 Å². The Balaban J connectivity index is 1.43. The highest BCUT2D eigenvalue weighted by Crippen LogP contribution is 2.25. The number of hydrogen-bond acceptors (Lipinski definition) is 5. The number of piperidine rings is 1. The zero-order chi connectivity index (χ0) is 17.6. The fraction of sp³-hybridized carbons (Fsp3) is 0.500. The third-order valence-electron chi connectivity index (χ3n) is 4.28. The number of benzene rings is 1. The summed E-state index contributed by atoms with van der Waals surface area (Å²) in [5, 5.41) is 3.97. The number of nitrogens with zero attached hydrogens (tertiary/aromatic N) is 3. The second-order valence-electron chi connectivity index (χ2n) is 6.26. The number of rotatable bonds is 6. The molecule has 0 N–H and O–H groups in total. The van der Waals surface area contributed by atoms with E-state index in [-0.39, 0.29) is 17.6 Å². The van der Waals surface area contributed by atoms with Crippen molar-refractivity contribution in [1.82, 2.24) is 15.0 Å². The largest absolute Gasteiger partial charge is 0.493 e. The summed E-state index contributed by atoms with van der Waals surface area (Å²) in [4.78, 5) is 18.5. The Morgan fingerprint density at radius 2 is 2.36 bits per heavy atom. The quantitative estimate of drug-likeness (QED) is 0.751. The number of hydrogen-bond donors (Lipinski definition) is 0. The smallest absolute Gasteiger partial charge is 0.223 e. The first kappa shape index (κ1) is 17.4. The summed E-state index contributed by atoms with van der Waals surface area (Å²) >= 11 is 0. The molecule has 1 atom stereocenters. The summed E-state index contributed by atoms with van der Waals surface area (Å²) in [6, 6.07) is 6.01. The molecule has 1 aliphatic rings. The molecule has 6 nitrogen and oxygen atoms in total. The lowest BCUT2D eigenvalue weighted by Gasteiger charge is -2.31. The van der Waals surface area contributed by atoms with Crippen LogP contribution in [-0.4, -0.2) is 40.6 Å². The van der Waals surface area contributed by atoms with Gasteiger partial charge in [-0.15, -0.1) is 0 Å². The maximum atomic E-state index is 13.1. The molecule has 2 heterocycles. The zero-order valence-electron chi connectivity index (χ0n) is 14.3. The second kappa shape index (κ2) is 8.09. The Kier molecular flexibility index (Phi) is 5.63. The van der Waals surface area contributed by atoms with Crippen LogP contribution in [0.15, 0.2) is 28.8 Å². The van der Waals surface area contributed by atoms with Gasteiger partial charge >= 0.3 is 0 Å². The van der Waals surface area contributed by atoms with Crippen molar-refractivity contribution in [3.05, 3.63) is 41.8 Å². The monoisotopic (exact) mass is 347 g/mol. The molecular formula is C18H22FN3O3. The number of ether oxygens (including phenoxy) is 1. The van der Waals surface area contributed by atoms with Crippen LogP contribution in [-0.2, 0) is 4.79 Å². The minimum Gasteiger partial charge on any atom is -0.493 e. The summed E-state index contributed by atoms with van der Waals surface area (Å²) in [6.07, 6.45) is 2.90. The molecule has 1 fully saturated rings. The molecule has 0 bridgehead atoms. The summed E-state index contributed by atoms with van der Waals surface area (Å²) in [6.45, 7) is 3.54. The fourth-order valence-corrected chi connectivity index (χ4v) is 3.02. The molecule has 1 amide bonds. The molecule has 2 aromatic rings. The summed E-state index contributed by atoms with van der Waals surface area (Å²) in [7, 11) is 0. The van der Waals surface area contributed by atoms with E-state index >= 15 is 0 Å². The molecule has 1 aromatic heterocycles. The predicted molar refractivity (Wildman–Crippen MR) is 88.7 cm³/mol. The van der Waals surface area contributed by atoms with Crippen LogP contribution >= 0.6 is 0 Å². The van der Waals surface area contributed by atoms with Gasteiger partial charge in [0.25, 0.3) is 0 Å². The van der Waals surface area contributed by atoms with Crippen molar-refractivity contribution in [3.8, 4) is 5.75 Å². The van der Waals surface area contributed by atoms with Crippen LogP contribution < -0.4 is 4.74 Å². The van der Waals surface area contributed by atoms with Gasteiger partial charge in [-0.1, -0.05) is 11.2 Å². The third kappa shape index (κ3) is 4.78. The number of amides is 1. The normalized spacial score (nSPS) is 17.5. The van der Waals surface area contributed by atoms with Gasteiger partial charge in [-0.05, 0) is 31.4 Å². The number of halogens is 1. The second-order valence-corrected chi connectivity index (χ2v) is 6.26.